The van der Waals surface area contributed by atoms with E-state index in [1.165, 1.54) is 0 Å². The number of sulfone groups is 1. The van der Waals surface area contributed by atoms with Gasteiger partial charge in [0.2, 0.25) is 0 Å². The van der Waals surface area contributed by atoms with Gasteiger partial charge in [0.05, 0.1) is 17.2 Å². The molecule has 20 heavy (non-hydrogen) atoms. The molecule has 1 aromatic rings. The zero-order valence-electron chi connectivity index (χ0n) is 12.3. The van der Waals surface area contributed by atoms with Crippen LogP contribution in [0.1, 0.15) is 43.4 Å². The van der Waals surface area contributed by atoms with Crippen LogP contribution in [0.3, 0.4) is 0 Å². The average molecular weight is 299 g/mol. The van der Waals surface area contributed by atoms with Crippen molar-refractivity contribution in [3.8, 4) is 0 Å². The first-order valence-corrected chi connectivity index (χ1v) is 8.46. The molecule has 1 atom stereocenters. The first kappa shape index (κ1) is 15.0. The van der Waals surface area contributed by atoms with E-state index in [9.17, 15) is 13.2 Å². The minimum Gasteiger partial charge on any atom is -0.347 e. The van der Waals surface area contributed by atoms with Crippen molar-refractivity contribution in [1.82, 2.24) is 15.1 Å². The molecule has 0 bridgehead atoms. The lowest BCUT2D eigenvalue weighted by Crippen LogP contribution is -2.36. The molecule has 0 aliphatic carbocycles. The Balaban J connectivity index is 2.12. The first-order valence-electron chi connectivity index (χ1n) is 6.64. The molecule has 1 saturated heterocycles. The first-order chi connectivity index (χ1) is 9.08. The van der Waals surface area contributed by atoms with Gasteiger partial charge in [0.25, 0.3) is 5.91 Å². The molecule has 1 fully saturated rings. The molecule has 0 aromatic carbocycles. The number of hydrogen-bond donors (Lipinski definition) is 1. The molecule has 1 aliphatic heterocycles. The van der Waals surface area contributed by atoms with Crippen molar-refractivity contribution < 1.29 is 13.2 Å². The molecular weight excluding hydrogens is 278 g/mol. The highest BCUT2D eigenvalue weighted by molar-refractivity contribution is 7.91. The van der Waals surface area contributed by atoms with Crippen LogP contribution >= 0.6 is 0 Å². The van der Waals surface area contributed by atoms with Gasteiger partial charge >= 0.3 is 0 Å². The molecule has 0 spiro atoms. The Morgan fingerprint density at radius 1 is 1.45 bits per heavy atom. The molecular formula is C13H21N3O3S. The molecule has 112 valence electrons. The Hall–Kier alpha value is -1.37. The van der Waals surface area contributed by atoms with Gasteiger partial charge in [0.15, 0.2) is 9.84 Å². The summed E-state index contributed by atoms with van der Waals surface area (Å²) in [6.45, 7) is 6.09. The molecule has 7 heteroatoms. The van der Waals surface area contributed by atoms with Gasteiger partial charge in [0.1, 0.15) is 5.69 Å². The zero-order chi connectivity index (χ0) is 15.1. The normalized spacial score (nSPS) is 21.9. The van der Waals surface area contributed by atoms with Crippen molar-refractivity contribution in [2.75, 3.05) is 11.5 Å². The van der Waals surface area contributed by atoms with Gasteiger partial charge in [-0.1, -0.05) is 20.8 Å². The summed E-state index contributed by atoms with van der Waals surface area (Å²) in [6.07, 6.45) is 0.484. The van der Waals surface area contributed by atoms with Crippen molar-refractivity contribution in [2.45, 2.75) is 38.6 Å². The molecule has 1 aliphatic rings. The highest BCUT2D eigenvalue weighted by Crippen LogP contribution is 2.21. The number of hydrogen-bond acceptors (Lipinski definition) is 4. The Bertz CT molecular complexity index is 626. The van der Waals surface area contributed by atoms with E-state index in [4.69, 9.17) is 0 Å². The number of amides is 1. The summed E-state index contributed by atoms with van der Waals surface area (Å²) in [5.74, 6) is -0.0863. The van der Waals surface area contributed by atoms with Crippen molar-refractivity contribution >= 4 is 15.7 Å². The standard InChI is InChI=1S/C13H21N3O3S/c1-13(2,3)11-7-10(16(4)15-11)12(17)14-9-5-6-20(18,19)8-9/h7,9H,5-6,8H2,1-4H3,(H,14,17). The lowest BCUT2D eigenvalue weighted by Gasteiger charge is -2.13. The van der Waals surface area contributed by atoms with Gasteiger partial charge in [-0.05, 0) is 12.5 Å². The molecule has 1 unspecified atom stereocenters. The van der Waals surface area contributed by atoms with Gasteiger partial charge in [-0.25, -0.2) is 8.42 Å². The van der Waals surface area contributed by atoms with Crippen LogP contribution in [0.5, 0.6) is 0 Å². The molecule has 2 heterocycles. The fourth-order valence-electron chi connectivity index (χ4n) is 2.21. The van der Waals surface area contributed by atoms with Crippen LogP contribution in [0.25, 0.3) is 0 Å². The number of aromatic nitrogens is 2. The molecule has 1 N–H and O–H groups in total. The molecule has 0 saturated carbocycles. The largest absolute Gasteiger partial charge is 0.347 e. The average Bonchev–Trinajstić information content (AvgIpc) is 2.81. The van der Waals surface area contributed by atoms with Crippen molar-refractivity contribution in [3.05, 3.63) is 17.5 Å². The van der Waals surface area contributed by atoms with Crippen LogP contribution in [0.4, 0.5) is 0 Å². The Labute approximate surface area is 119 Å². The van der Waals surface area contributed by atoms with Gasteiger partial charge < -0.3 is 5.32 Å². The predicted octanol–water partition coefficient (Wildman–Crippen LogP) is 0.635. The van der Waals surface area contributed by atoms with Crippen molar-refractivity contribution in [2.24, 2.45) is 7.05 Å². The van der Waals surface area contributed by atoms with E-state index >= 15 is 0 Å². The van der Waals surface area contributed by atoms with Crippen LogP contribution in [0.15, 0.2) is 6.07 Å². The van der Waals surface area contributed by atoms with Crippen LogP contribution in [0, 0.1) is 0 Å². The number of nitrogens with one attached hydrogen (secondary N) is 1. The second-order valence-electron chi connectivity index (χ2n) is 6.36. The summed E-state index contributed by atoms with van der Waals surface area (Å²) < 4.78 is 24.3. The second-order valence-corrected chi connectivity index (χ2v) is 8.59. The summed E-state index contributed by atoms with van der Waals surface area (Å²) in [5.41, 5.74) is 1.16. The van der Waals surface area contributed by atoms with E-state index in [2.05, 4.69) is 10.4 Å². The third-order valence-corrected chi connectivity index (χ3v) is 5.22. The van der Waals surface area contributed by atoms with Gasteiger partial charge in [-0.15, -0.1) is 0 Å². The minimum absolute atomic E-state index is 0.0305. The monoisotopic (exact) mass is 299 g/mol. The number of aryl methyl sites for hydroxylation is 1. The summed E-state index contributed by atoms with van der Waals surface area (Å²) in [7, 11) is -1.27. The Kier molecular flexibility index (Phi) is 3.66. The smallest absolute Gasteiger partial charge is 0.269 e. The molecule has 1 aromatic heterocycles. The SMILES string of the molecule is Cn1nc(C(C)(C)C)cc1C(=O)NC1CCS(=O)(=O)C1. The van der Waals surface area contributed by atoms with E-state index in [1.54, 1.807) is 17.8 Å². The number of carbonyl (C=O) groups is 1. The summed E-state index contributed by atoms with van der Waals surface area (Å²) in [4.78, 5) is 12.2. The predicted molar refractivity (Wildman–Crippen MR) is 76.4 cm³/mol. The maximum Gasteiger partial charge on any atom is 0.269 e. The van der Waals surface area contributed by atoms with Gasteiger partial charge in [-0.3, -0.25) is 9.48 Å². The summed E-state index contributed by atoms with van der Waals surface area (Å²) >= 11 is 0. The lowest BCUT2D eigenvalue weighted by atomic mass is 9.92. The maximum absolute atomic E-state index is 12.2. The van der Waals surface area contributed by atoms with E-state index < -0.39 is 9.84 Å². The Morgan fingerprint density at radius 3 is 2.55 bits per heavy atom. The second kappa shape index (κ2) is 4.87. The van der Waals surface area contributed by atoms with E-state index in [0.29, 0.717) is 12.1 Å². The van der Waals surface area contributed by atoms with Crippen LogP contribution in [0.2, 0.25) is 0 Å². The fourth-order valence-corrected chi connectivity index (χ4v) is 3.89. The van der Waals surface area contributed by atoms with Crippen LogP contribution in [-0.2, 0) is 22.3 Å². The number of carbonyl (C=O) groups excluding carboxylic acids is 1. The Morgan fingerprint density at radius 2 is 2.10 bits per heavy atom. The molecule has 0 radical (unpaired) electrons. The van der Waals surface area contributed by atoms with Crippen molar-refractivity contribution in [3.63, 3.8) is 0 Å². The number of nitrogens with zero attached hydrogens (tertiary/aromatic N) is 2. The zero-order valence-corrected chi connectivity index (χ0v) is 13.1. The highest BCUT2D eigenvalue weighted by atomic mass is 32.2. The molecule has 1 amide bonds. The van der Waals surface area contributed by atoms with E-state index in [0.717, 1.165) is 5.69 Å². The maximum atomic E-state index is 12.2. The third-order valence-electron chi connectivity index (χ3n) is 3.45. The van der Waals surface area contributed by atoms with Crippen LogP contribution in [-0.4, -0.2) is 41.7 Å². The summed E-state index contributed by atoms with van der Waals surface area (Å²) in [6, 6.07) is 1.47. The lowest BCUT2D eigenvalue weighted by molar-refractivity contribution is 0.0931. The topological polar surface area (TPSA) is 81.1 Å². The molecule has 2 rings (SSSR count). The van der Waals surface area contributed by atoms with Crippen molar-refractivity contribution in [1.29, 1.82) is 0 Å². The van der Waals surface area contributed by atoms with E-state index in [-0.39, 0.29) is 28.9 Å². The fraction of sp³-hybridized carbons (Fsp3) is 0.692. The van der Waals surface area contributed by atoms with Gasteiger partial charge in [-0.2, -0.15) is 5.10 Å². The third kappa shape index (κ3) is 3.20. The minimum atomic E-state index is -2.99. The highest BCUT2D eigenvalue weighted by Gasteiger charge is 2.30. The summed E-state index contributed by atoms with van der Waals surface area (Å²) in [5, 5.41) is 7.12. The van der Waals surface area contributed by atoms with Gasteiger partial charge in [0, 0.05) is 18.5 Å². The van der Waals surface area contributed by atoms with E-state index in [1.807, 2.05) is 20.8 Å². The number of rotatable bonds is 2. The quantitative estimate of drug-likeness (QED) is 0.868. The van der Waals surface area contributed by atoms with Crippen LogP contribution < -0.4 is 5.32 Å². The molecule has 6 nitrogen and oxygen atoms in total.